The molecule has 33 heavy (non-hydrogen) atoms. The molecule has 0 unspecified atom stereocenters. The van der Waals surface area contributed by atoms with Crippen LogP contribution < -0.4 is 16.0 Å². The van der Waals surface area contributed by atoms with Crippen LogP contribution in [0.3, 0.4) is 0 Å². The Kier molecular flexibility index (Phi) is 6.72. The van der Waals surface area contributed by atoms with Gasteiger partial charge in [0.25, 0.3) is 5.91 Å². The van der Waals surface area contributed by atoms with Crippen molar-refractivity contribution in [3.8, 4) is 0 Å². The van der Waals surface area contributed by atoms with Crippen LogP contribution in [0.15, 0.2) is 55.1 Å². The molecule has 10 heteroatoms. The number of pyridine rings is 2. The average Bonchev–Trinajstić information content (AvgIpc) is 3.25. The third kappa shape index (κ3) is 5.05. The van der Waals surface area contributed by atoms with Gasteiger partial charge in [0.1, 0.15) is 11.6 Å². The van der Waals surface area contributed by atoms with Crippen molar-refractivity contribution in [3.05, 3.63) is 66.6 Å². The third-order valence-corrected chi connectivity index (χ3v) is 5.13. The molecule has 4 aromatic rings. The maximum absolute atomic E-state index is 14.0. The number of nitrogens with one attached hydrogen (secondary N) is 3. The molecule has 0 aliphatic heterocycles. The van der Waals surface area contributed by atoms with Gasteiger partial charge >= 0.3 is 0 Å². The minimum Gasteiger partial charge on any atom is -0.366 e. The predicted molar refractivity (Wildman–Crippen MR) is 125 cm³/mol. The molecule has 1 atom stereocenters. The van der Waals surface area contributed by atoms with E-state index in [1.807, 2.05) is 24.3 Å². The maximum Gasteiger partial charge on any atom is 0.276 e. The Hall–Kier alpha value is -4.08. The molecule has 4 rings (SSSR count). The minimum absolute atomic E-state index is 0.0278. The Morgan fingerprint density at radius 2 is 1.97 bits per heavy atom. The fraction of sp³-hybridized carbons (Fsp3) is 0.261. The lowest BCUT2D eigenvalue weighted by Crippen LogP contribution is -2.21. The Morgan fingerprint density at radius 3 is 2.70 bits per heavy atom. The molecule has 0 spiro atoms. The van der Waals surface area contributed by atoms with E-state index in [2.05, 4.69) is 49.8 Å². The third-order valence-electron chi connectivity index (χ3n) is 5.13. The van der Waals surface area contributed by atoms with Gasteiger partial charge in [-0.15, -0.1) is 5.10 Å². The average molecular weight is 449 g/mol. The zero-order chi connectivity index (χ0) is 23.2. The number of nitrogens with zero attached hydrogens (tertiary/aromatic N) is 5. The smallest absolute Gasteiger partial charge is 0.276 e. The van der Waals surface area contributed by atoms with Crippen LogP contribution in [0.4, 0.5) is 27.4 Å². The van der Waals surface area contributed by atoms with Gasteiger partial charge in [-0.1, -0.05) is 26.3 Å². The van der Waals surface area contributed by atoms with Crippen LogP contribution in [-0.2, 0) is 0 Å². The van der Waals surface area contributed by atoms with Gasteiger partial charge < -0.3 is 16.0 Å². The number of hydrogen-bond acceptors (Lipinski definition) is 7. The van der Waals surface area contributed by atoms with E-state index in [1.165, 1.54) is 23.0 Å². The van der Waals surface area contributed by atoms with Crippen molar-refractivity contribution < 1.29 is 9.18 Å². The van der Waals surface area contributed by atoms with Gasteiger partial charge in [-0.3, -0.25) is 9.78 Å². The van der Waals surface area contributed by atoms with Crippen LogP contribution in [-0.4, -0.2) is 36.5 Å². The van der Waals surface area contributed by atoms with Gasteiger partial charge in [0.15, 0.2) is 17.2 Å². The number of anilines is 4. The van der Waals surface area contributed by atoms with E-state index in [4.69, 9.17) is 0 Å². The largest absolute Gasteiger partial charge is 0.366 e. The summed E-state index contributed by atoms with van der Waals surface area (Å²) >= 11 is 0. The number of fused-ring (bicyclic) bond motifs is 1. The molecule has 0 radical (unpaired) electrons. The molecule has 0 aliphatic carbocycles. The number of imidazole rings is 1. The molecule has 9 nitrogen and oxygen atoms in total. The lowest BCUT2D eigenvalue weighted by molar-refractivity contribution is 0.102. The topological polar surface area (TPSA) is 109 Å². The quantitative estimate of drug-likeness (QED) is 0.342. The molecule has 0 aliphatic rings. The second-order valence-corrected chi connectivity index (χ2v) is 7.51. The lowest BCUT2D eigenvalue weighted by atomic mass is 10.1. The van der Waals surface area contributed by atoms with Crippen molar-refractivity contribution in [3.63, 3.8) is 0 Å². The van der Waals surface area contributed by atoms with Gasteiger partial charge in [0.05, 0.1) is 23.8 Å². The fourth-order valence-electron chi connectivity index (χ4n) is 3.46. The zero-order valence-corrected chi connectivity index (χ0v) is 18.4. The second kappa shape index (κ2) is 10.0. The Bertz CT molecular complexity index is 1240. The number of carbonyl (C=O) groups excluding carboxylic acids is 1. The van der Waals surface area contributed by atoms with Gasteiger partial charge in [0.2, 0.25) is 0 Å². The number of halogens is 1. The first-order chi connectivity index (χ1) is 16.1. The summed E-state index contributed by atoms with van der Waals surface area (Å²) in [5, 5.41) is 13.9. The summed E-state index contributed by atoms with van der Waals surface area (Å²) in [5.41, 5.74) is 1.26. The molecule has 0 aromatic carbocycles. The summed E-state index contributed by atoms with van der Waals surface area (Å²) in [6.07, 6.45) is 8.48. The predicted octanol–water partition coefficient (Wildman–Crippen LogP) is 4.64. The van der Waals surface area contributed by atoms with Crippen LogP contribution >= 0.6 is 0 Å². The van der Waals surface area contributed by atoms with Gasteiger partial charge in [-0.05, 0) is 31.0 Å². The molecular weight excluding hydrogens is 423 g/mol. The Balaban J connectivity index is 1.73. The van der Waals surface area contributed by atoms with E-state index in [1.54, 1.807) is 6.20 Å². The molecule has 0 fully saturated rings. The Labute approximate surface area is 190 Å². The number of rotatable bonds is 9. The maximum atomic E-state index is 14.0. The highest BCUT2D eigenvalue weighted by Crippen LogP contribution is 2.25. The van der Waals surface area contributed by atoms with E-state index in [0.29, 0.717) is 23.0 Å². The Morgan fingerprint density at radius 1 is 1.09 bits per heavy atom. The van der Waals surface area contributed by atoms with E-state index >= 15 is 0 Å². The highest BCUT2D eigenvalue weighted by molar-refractivity contribution is 6.03. The van der Waals surface area contributed by atoms with Gasteiger partial charge in [-0.25, -0.2) is 18.9 Å². The molecular formula is C23H25FN8O. The molecule has 170 valence electrons. The number of hydrogen-bond donors (Lipinski definition) is 3. The van der Waals surface area contributed by atoms with Crippen molar-refractivity contribution >= 4 is 34.6 Å². The first-order valence-corrected chi connectivity index (χ1v) is 10.8. The second-order valence-electron chi connectivity index (χ2n) is 7.51. The normalized spacial score (nSPS) is 11.8. The molecule has 4 aromatic heterocycles. The number of amides is 1. The van der Waals surface area contributed by atoms with Crippen LogP contribution in [0, 0.1) is 5.82 Å². The van der Waals surface area contributed by atoms with Crippen molar-refractivity contribution in [1.29, 1.82) is 0 Å². The first kappa shape index (κ1) is 22.1. The molecule has 3 N–H and O–H groups in total. The van der Waals surface area contributed by atoms with Crippen LogP contribution in [0.25, 0.3) is 5.65 Å². The summed E-state index contributed by atoms with van der Waals surface area (Å²) in [4.78, 5) is 25.4. The van der Waals surface area contributed by atoms with Crippen LogP contribution in [0.1, 0.15) is 43.6 Å². The zero-order valence-electron chi connectivity index (χ0n) is 18.4. The van der Waals surface area contributed by atoms with Gasteiger partial charge in [0, 0.05) is 24.5 Å². The van der Waals surface area contributed by atoms with Gasteiger partial charge in [-0.2, -0.15) is 0 Å². The summed E-state index contributed by atoms with van der Waals surface area (Å²) in [7, 11) is 0. The molecule has 0 bridgehead atoms. The molecule has 4 heterocycles. The number of carbonyl (C=O) groups is 1. The van der Waals surface area contributed by atoms with E-state index < -0.39 is 11.7 Å². The summed E-state index contributed by atoms with van der Waals surface area (Å²) in [5.74, 6) is 0.0489. The molecule has 0 saturated carbocycles. The first-order valence-electron chi connectivity index (χ1n) is 10.8. The van der Waals surface area contributed by atoms with E-state index in [0.717, 1.165) is 25.5 Å². The van der Waals surface area contributed by atoms with Crippen molar-refractivity contribution in [2.45, 2.75) is 39.2 Å². The highest BCUT2D eigenvalue weighted by Gasteiger charge is 2.19. The molecule has 0 saturated heterocycles. The SMILES string of the molecule is CCC[C@@H](CC)Nc1cc(Nc2ccccn2)c2ncc(C(=O)Nc3ccncc3F)n2n1. The van der Waals surface area contributed by atoms with Crippen molar-refractivity contribution in [2.24, 2.45) is 0 Å². The van der Waals surface area contributed by atoms with Crippen LogP contribution in [0.5, 0.6) is 0 Å². The van der Waals surface area contributed by atoms with E-state index in [9.17, 15) is 9.18 Å². The van der Waals surface area contributed by atoms with Crippen LogP contribution in [0.2, 0.25) is 0 Å². The summed E-state index contributed by atoms with van der Waals surface area (Å²) in [6.45, 7) is 4.24. The lowest BCUT2D eigenvalue weighted by Gasteiger charge is -2.18. The monoisotopic (exact) mass is 448 g/mol. The number of aromatic nitrogens is 5. The molecule has 1 amide bonds. The minimum atomic E-state index is -0.627. The standard InChI is InChI=1S/C23H25FN8O/c1-3-7-15(4-2)28-21-12-18(29-20-8-5-6-10-26-20)22-27-14-19(32(22)31-21)23(33)30-17-9-11-25-13-16(17)24/h5-6,8-15H,3-4,7H2,1-2H3,(H,26,29)(H,28,31)(H,25,30,33)/t15-/m1/s1. The van der Waals surface area contributed by atoms with Crippen molar-refractivity contribution in [2.75, 3.05) is 16.0 Å². The van der Waals surface area contributed by atoms with E-state index in [-0.39, 0.29) is 17.4 Å². The summed E-state index contributed by atoms with van der Waals surface area (Å²) < 4.78 is 15.4. The summed E-state index contributed by atoms with van der Waals surface area (Å²) in [6, 6.07) is 9.00. The fourth-order valence-corrected chi connectivity index (χ4v) is 3.46. The highest BCUT2D eigenvalue weighted by atomic mass is 19.1. The van der Waals surface area contributed by atoms with Crippen molar-refractivity contribution in [1.82, 2.24) is 24.6 Å².